The second-order valence-corrected chi connectivity index (χ2v) is 5.98. The van der Waals surface area contributed by atoms with E-state index in [1.54, 1.807) is 13.3 Å². The zero-order valence-electron chi connectivity index (χ0n) is 12.8. The zero-order chi connectivity index (χ0) is 15.0. The van der Waals surface area contributed by atoms with E-state index in [2.05, 4.69) is 17.2 Å². The minimum atomic E-state index is -0.546. The number of aromatic nitrogens is 2. The molecule has 2 aromatic rings. The maximum absolute atomic E-state index is 11.0. The molecule has 3 heterocycles. The lowest BCUT2D eigenvalue weighted by atomic mass is 9.81. The van der Waals surface area contributed by atoms with Gasteiger partial charge in [0.05, 0.1) is 19.4 Å². The number of aliphatic hydroxyl groups excluding tert-OH is 1. The first-order valence-corrected chi connectivity index (χ1v) is 7.50. The van der Waals surface area contributed by atoms with Crippen molar-refractivity contribution in [3.63, 3.8) is 0 Å². The van der Waals surface area contributed by atoms with Crippen LogP contribution in [0, 0.1) is 11.8 Å². The largest absolute Gasteiger partial charge is 0.495 e. The average molecular weight is 289 g/mol. The summed E-state index contributed by atoms with van der Waals surface area (Å²) in [5, 5.41) is 15.3. The third kappa shape index (κ3) is 2.40. The van der Waals surface area contributed by atoms with Crippen LogP contribution in [0.1, 0.15) is 25.0 Å². The van der Waals surface area contributed by atoms with Gasteiger partial charge >= 0.3 is 0 Å². The third-order valence-electron chi connectivity index (χ3n) is 4.71. The molecule has 0 aliphatic carbocycles. The van der Waals surface area contributed by atoms with E-state index < -0.39 is 6.10 Å². The van der Waals surface area contributed by atoms with Crippen LogP contribution >= 0.6 is 0 Å². The lowest BCUT2D eigenvalue weighted by molar-refractivity contribution is 0.0606. The van der Waals surface area contributed by atoms with Crippen LogP contribution in [-0.4, -0.2) is 34.9 Å². The van der Waals surface area contributed by atoms with Crippen LogP contribution in [-0.2, 0) is 7.05 Å². The summed E-state index contributed by atoms with van der Waals surface area (Å²) >= 11 is 0. The summed E-state index contributed by atoms with van der Waals surface area (Å²) in [7, 11) is 3.59. The number of fused-ring (bicyclic) bond motifs is 1. The highest BCUT2D eigenvalue weighted by Gasteiger charge is 2.32. The molecule has 3 atom stereocenters. The van der Waals surface area contributed by atoms with Crippen molar-refractivity contribution in [3.05, 3.63) is 24.0 Å². The van der Waals surface area contributed by atoms with Crippen molar-refractivity contribution >= 4 is 11.0 Å². The summed E-state index contributed by atoms with van der Waals surface area (Å²) in [4.78, 5) is 4.43. The van der Waals surface area contributed by atoms with E-state index in [9.17, 15) is 5.11 Å². The lowest BCUT2D eigenvalue weighted by Crippen LogP contribution is -2.38. The van der Waals surface area contributed by atoms with E-state index in [4.69, 9.17) is 4.74 Å². The molecule has 1 fully saturated rings. The predicted octanol–water partition coefficient (Wildman–Crippen LogP) is 1.86. The summed E-state index contributed by atoms with van der Waals surface area (Å²) < 4.78 is 7.42. The van der Waals surface area contributed by atoms with Crippen LogP contribution in [0.4, 0.5) is 0 Å². The van der Waals surface area contributed by atoms with Crippen molar-refractivity contribution in [1.29, 1.82) is 0 Å². The standard InChI is InChI=1S/C16H23N3O2/c1-10-4-6-17-8-12(10)15(20)14-11-5-7-19(2)16(11)18-9-13(14)21-3/h5,7,9-10,12,15,17,20H,4,6,8H2,1-3H3/t10-,12+,15?/m0/s1. The Labute approximate surface area is 124 Å². The van der Waals surface area contributed by atoms with E-state index in [-0.39, 0.29) is 5.92 Å². The van der Waals surface area contributed by atoms with Gasteiger partial charge in [0.2, 0.25) is 0 Å². The maximum atomic E-state index is 11.0. The van der Waals surface area contributed by atoms with Gasteiger partial charge in [-0.3, -0.25) is 0 Å². The van der Waals surface area contributed by atoms with Gasteiger partial charge in [-0.05, 0) is 24.9 Å². The molecule has 0 radical (unpaired) electrons. The Bertz CT molecular complexity index is 638. The smallest absolute Gasteiger partial charge is 0.143 e. The molecule has 0 spiro atoms. The first-order valence-electron chi connectivity index (χ1n) is 7.50. The summed E-state index contributed by atoms with van der Waals surface area (Å²) in [6.07, 6.45) is 4.22. The highest BCUT2D eigenvalue weighted by atomic mass is 16.5. The van der Waals surface area contributed by atoms with Crippen molar-refractivity contribution in [2.75, 3.05) is 20.2 Å². The first kappa shape index (κ1) is 14.4. The molecule has 114 valence electrons. The number of aliphatic hydroxyl groups is 1. The van der Waals surface area contributed by atoms with E-state index in [0.29, 0.717) is 11.7 Å². The molecule has 0 aromatic carbocycles. The molecule has 1 aliphatic heterocycles. The molecular formula is C16H23N3O2. The number of nitrogens with zero attached hydrogens (tertiary/aromatic N) is 2. The molecule has 2 aromatic heterocycles. The van der Waals surface area contributed by atoms with Crippen LogP contribution in [0.3, 0.4) is 0 Å². The fourth-order valence-corrected chi connectivity index (χ4v) is 3.33. The molecule has 2 N–H and O–H groups in total. The Morgan fingerprint density at radius 3 is 3.05 bits per heavy atom. The molecule has 0 saturated carbocycles. The number of piperidine rings is 1. The van der Waals surface area contributed by atoms with Crippen LogP contribution in [0.2, 0.25) is 0 Å². The van der Waals surface area contributed by atoms with Crippen LogP contribution in [0.25, 0.3) is 11.0 Å². The highest BCUT2D eigenvalue weighted by Crippen LogP contribution is 2.39. The fraction of sp³-hybridized carbons (Fsp3) is 0.562. The number of aryl methyl sites for hydroxylation is 1. The lowest BCUT2D eigenvalue weighted by Gasteiger charge is -2.34. The van der Waals surface area contributed by atoms with Gasteiger partial charge in [-0.25, -0.2) is 4.98 Å². The monoisotopic (exact) mass is 289 g/mol. The van der Waals surface area contributed by atoms with Crippen molar-refractivity contribution < 1.29 is 9.84 Å². The topological polar surface area (TPSA) is 59.3 Å². The van der Waals surface area contributed by atoms with E-state index in [1.807, 2.05) is 23.9 Å². The summed E-state index contributed by atoms with van der Waals surface area (Å²) in [6, 6.07) is 2.00. The van der Waals surface area contributed by atoms with E-state index in [1.165, 1.54) is 0 Å². The number of hydrogen-bond acceptors (Lipinski definition) is 4. The zero-order valence-corrected chi connectivity index (χ0v) is 12.8. The van der Waals surface area contributed by atoms with Gasteiger partial charge in [-0.1, -0.05) is 6.92 Å². The van der Waals surface area contributed by atoms with Gasteiger partial charge in [0.15, 0.2) is 0 Å². The summed E-state index contributed by atoms with van der Waals surface area (Å²) in [6.45, 7) is 4.07. The Morgan fingerprint density at radius 2 is 2.33 bits per heavy atom. The highest BCUT2D eigenvalue weighted by molar-refractivity contribution is 5.82. The van der Waals surface area contributed by atoms with Gasteiger partial charge in [0, 0.05) is 36.7 Å². The number of hydrogen-bond donors (Lipinski definition) is 2. The Hall–Kier alpha value is -1.59. The second kappa shape index (κ2) is 5.66. The fourth-order valence-electron chi connectivity index (χ4n) is 3.33. The minimum absolute atomic E-state index is 0.193. The van der Waals surface area contributed by atoms with Gasteiger partial charge in [-0.2, -0.15) is 0 Å². The molecule has 3 rings (SSSR count). The summed E-state index contributed by atoms with van der Waals surface area (Å²) in [5.74, 6) is 1.34. The summed E-state index contributed by atoms with van der Waals surface area (Å²) in [5.41, 5.74) is 1.74. The van der Waals surface area contributed by atoms with Gasteiger partial charge in [0.25, 0.3) is 0 Å². The molecule has 5 nitrogen and oxygen atoms in total. The predicted molar refractivity (Wildman–Crippen MR) is 82.4 cm³/mol. The SMILES string of the molecule is COc1cnc2c(ccn2C)c1C(O)[C@@H]1CNCC[C@@H]1C. The van der Waals surface area contributed by atoms with Crippen molar-refractivity contribution in [1.82, 2.24) is 14.9 Å². The molecule has 0 bridgehead atoms. The third-order valence-corrected chi connectivity index (χ3v) is 4.71. The molecule has 1 unspecified atom stereocenters. The molecule has 1 saturated heterocycles. The van der Waals surface area contributed by atoms with Gasteiger partial charge in [0.1, 0.15) is 11.4 Å². The Kier molecular flexibility index (Phi) is 3.87. The van der Waals surface area contributed by atoms with Crippen molar-refractivity contribution in [2.24, 2.45) is 18.9 Å². The van der Waals surface area contributed by atoms with Crippen LogP contribution in [0.15, 0.2) is 18.5 Å². The number of rotatable bonds is 3. The average Bonchev–Trinajstić information content (AvgIpc) is 2.87. The Morgan fingerprint density at radius 1 is 1.52 bits per heavy atom. The quantitative estimate of drug-likeness (QED) is 0.905. The normalized spacial score (nSPS) is 24.2. The van der Waals surface area contributed by atoms with Crippen LogP contribution in [0.5, 0.6) is 5.75 Å². The van der Waals surface area contributed by atoms with Crippen molar-refractivity contribution in [2.45, 2.75) is 19.4 Å². The van der Waals surface area contributed by atoms with Crippen molar-refractivity contribution in [3.8, 4) is 5.75 Å². The van der Waals surface area contributed by atoms with Gasteiger partial charge < -0.3 is 19.7 Å². The molecule has 1 aliphatic rings. The molecule has 0 amide bonds. The minimum Gasteiger partial charge on any atom is -0.495 e. The number of ether oxygens (including phenoxy) is 1. The molecular weight excluding hydrogens is 266 g/mol. The molecule has 5 heteroatoms. The second-order valence-electron chi connectivity index (χ2n) is 5.98. The van der Waals surface area contributed by atoms with Gasteiger partial charge in [-0.15, -0.1) is 0 Å². The van der Waals surface area contributed by atoms with Crippen LogP contribution < -0.4 is 10.1 Å². The maximum Gasteiger partial charge on any atom is 0.143 e. The number of nitrogens with one attached hydrogen (secondary N) is 1. The molecule has 21 heavy (non-hydrogen) atoms. The number of pyridine rings is 1. The van der Waals surface area contributed by atoms with E-state index >= 15 is 0 Å². The first-order chi connectivity index (χ1) is 10.1. The Balaban J connectivity index is 2.08. The van der Waals surface area contributed by atoms with E-state index in [0.717, 1.165) is 36.1 Å². The number of methoxy groups -OCH3 is 1.